The molecule has 0 atom stereocenters. The largest absolute Gasteiger partial charge is 0.476 e. The van der Waals surface area contributed by atoms with Gasteiger partial charge in [0.15, 0.2) is 5.69 Å². The van der Waals surface area contributed by atoms with E-state index in [0.29, 0.717) is 11.7 Å². The normalized spacial score (nSPS) is 16.2. The molecule has 5 nitrogen and oxygen atoms in total. The van der Waals surface area contributed by atoms with Crippen molar-refractivity contribution in [2.75, 3.05) is 11.9 Å². The van der Waals surface area contributed by atoms with Crippen LogP contribution in [0.1, 0.15) is 36.2 Å². The summed E-state index contributed by atoms with van der Waals surface area (Å²) >= 11 is 0. The van der Waals surface area contributed by atoms with Gasteiger partial charge in [-0.3, -0.25) is 4.98 Å². The Kier molecular flexibility index (Phi) is 3.34. The lowest BCUT2D eigenvalue weighted by Gasteiger charge is -2.10. The van der Waals surface area contributed by atoms with Crippen LogP contribution in [-0.4, -0.2) is 27.6 Å². The lowest BCUT2D eigenvalue weighted by molar-refractivity contribution is 0.0690. The summed E-state index contributed by atoms with van der Waals surface area (Å²) in [6.07, 6.45) is 7.91. The van der Waals surface area contributed by atoms with E-state index in [1.165, 1.54) is 31.9 Å². The molecule has 0 saturated heterocycles. The van der Waals surface area contributed by atoms with Crippen LogP contribution in [-0.2, 0) is 0 Å². The third kappa shape index (κ3) is 2.68. The second-order valence-corrected chi connectivity index (χ2v) is 4.13. The van der Waals surface area contributed by atoms with Gasteiger partial charge in [0, 0.05) is 6.54 Å². The van der Waals surface area contributed by atoms with Crippen molar-refractivity contribution in [2.24, 2.45) is 5.92 Å². The van der Waals surface area contributed by atoms with Gasteiger partial charge in [0.25, 0.3) is 0 Å². The minimum absolute atomic E-state index is 0.0172. The Morgan fingerprint density at radius 1 is 1.44 bits per heavy atom. The molecule has 0 unspecified atom stereocenters. The first-order valence-electron chi connectivity index (χ1n) is 5.55. The van der Waals surface area contributed by atoms with Gasteiger partial charge in [0.1, 0.15) is 5.82 Å². The van der Waals surface area contributed by atoms with E-state index in [-0.39, 0.29) is 5.69 Å². The molecule has 86 valence electrons. The maximum Gasteiger partial charge on any atom is 0.356 e. The molecule has 2 N–H and O–H groups in total. The zero-order valence-corrected chi connectivity index (χ0v) is 9.02. The Bertz CT molecular complexity index is 375. The van der Waals surface area contributed by atoms with E-state index < -0.39 is 5.97 Å². The Labute approximate surface area is 93.9 Å². The highest BCUT2D eigenvalue weighted by Gasteiger charge is 2.15. The van der Waals surface area contributed by atoms with Crippen LogP contribution >= 0.6 is 0 Å². The number of nitrogens with zero attached hydrogens (tertiary/aromatic N) is 2. The van der Waals surface area contributed by atoms with Gasteiger partial charge in [-0.15, -0.1) is 0 Å². The van der Waals surface area contributed by atoms with E-state index in [9.17, 15) is 4.79 Å². The van der Waals surface area contributed by atoms with Crippen molar-refractivity contribution in [1.29, 1.82) is 0 Å². The smallest absolute Gasteiger partial charge is 0.356 e. The van der Waals surface area contributed by atoms with Gasteiger partial charge in [-0.05, 0) is 18.8 Å². The lowest BCUT2D eigenvalue weighted by Crippen LogP contribution is -2.13. The fraction of sp³-hybridized carbons (Fsp3) is 0.545. The minimum atomic E-state index is -1.04. The Balaban J connectivity index is 1.93. The summed E-state index contributed by atoms with van der Waals surface area (Å²) in [5, 5.41) is 11.9. The van der Waals surface area contributed by atoms with Crippen LogP contribution in [0.2, 0.25) is 0 Å². The van der Waals surface area contributed by atoms with Crippen molar-refractivity contribution in [3.8, 4) is 0 Å². The van der Waals surface area contributed by atoms with Crippen LogP contribution < -0.4 is 5.32 Å². The quantitative estimate of drug-likeness (QED) is 0.810. The summed E-state index contributed by atoms with van der Waals surface area (Å²) in [6.45, 7) is 0.859. The summed E-state index contributed by atoms with van der Waals surface area (Å²) in [5.41, 5.74) is -0.0172. The first kappa shape index (κ1) is 10.9. The highest BCUT2D eigenvalue weighted by atomic mass is 16.4. The Morgan fingerprint density at radius 3 is 2.88 bits per heavy atom. The molecule has 0 radical (unpaired) electrons. The molecule has 1 aromatic heterocycles. The fourth-order valence-electron chi connectivity index (χ4n) is 2.02. The maximum atomic E-state index is 10.7. The molecular formula is C11H15N3O2. The number of hydrogen-bond acceptors (Lipinski definition) is 4. The van der Waals surface area contributed by atoms with E-state index in [2.05, 4.69) is 15.3 Å². The highest BCUT2D eigenvalue weighted by Crippen LogP contribution is 2.24. The molecule has 1 heterocycles. The number of nitrogens with one attached hydrogen (secondary N) is 1. The third-order valence-corrected chi connectivity index (χ3v) is 2.90. The van der Waals surface area contributed by atoms with Gasteiger partial charge in [0.05, 0.1) is 12.4 Å². The van der Waals surface area contributed by atoms with Crippen LogP contribution in [0, 0.1) is 5.92 Å². The van der Waals surface area contributed by atoms with Crippen molar-refractivity contribution in [2.45, 2.75) is 25.7 Å². The molecule has 1 aliphatic rings. The molecule has 0 bridgehead atoms. The van der Waals surface area contributed by atoms with Gasteiger partial charge in [0.2, 0.25) is 0 Å². The molecule has 0 aromatic carbocycles. The number of carboxylic acid groups (broad SMARTS) is 1. The van der Waals surface area contributed by atoms with Gasteiger partial charge < -0.3 is 10.4 Å². The number of anilines is 1. The number of hydrogen-bond donors (Lipinski definition) is 2. The molecule has 0 amide bonds. The van der Waals surface area contributed by atoms with Gasteiger partial charge >= 0.3 is 5.97 Å². The first-order valence-corrected chi connectivity index (χ1v) is 5.55. The summed E-state index contributed by atoms with van der Waals surface area (Å²) < 4.78 is 0. The number of carboxylic acids is 1. The number of aromatic carboxylic acids is 1. The lowest BCUT2D eigenvalue weighted by atomic mass is 10.1. The predicted molar refractivity (Wildman–Crippen MR) is 59.4 cm³/mol. The first-order chi connectivity index (χ1) is 7.75. The van der Waals surface area contributed by atoms with Crippen molar-refractivity contribution in [1.82, 2.24) is 9.97 Å². The SMILES string of the molecule is O=C(O)c1cncc(NCC2CCCC2)n1. The van der Waals surface area contributed by atoms with Crippen LogP contribution in [0.3, 0.4) is 0 Å². The molecule has 0 spiro atoms. The molecule has 5 heteroatoms. The number of carbonyl (C=O) groups is 1. The highest BCUT2D eigenvalue weighted by molar-refractivity contribution is 5.85. The molecule has 16 heavy (non-hydrogen) atoms. The topological polar surface area (TPSA) is 75.1 Å². The summed E-state index contributed by atoms with van der Waals surface area (Å²) in [4.78, 5) is 18.5. The van der Waals surface area contributed by atoms with E-state index in [1.807, 2.05) is 0 Å². The second kappa shape index (κ2) is 4.92. The van der Waals surface area contributed by atoms with Gasteiger partial charge in [-0.25, -0.2) is 9.78 Å². The Hall–Kier alpha value is -1.65. The average Bonchev–Trinajstić information content (AvgIpc) is 2.79. The number of aromatic nitrogens is 2. The number of rotatable bonds is 4. The van der Waals surface area contributed by atoms with E-state index >= 15 is 0 Å². The van der Waals surface area contributed by atoms with Crippen LogP contribution in [0.4, 0.5) is 5.82 Å². The fourth-order valence-corrected chi connectivity index (χ4v) is 2.02. The second-order valence-electron chi connectivity index (χ2n) is 4.13. The van der Waals surface area contributed by atoms with E-state index in [1.54, 1.807) is 6.20 Å². The summed E-state index contributed by atoms with van der Waals surface area (Å²) in [6, 6.07) is 0. The van der Waals surface area contributed by atoms with Crippen LogP contribution in [0.15, 0.2) is 12.4 Å². The standard InChI is InChI=1S/C11H15N3O2/c15-11(16)9-6-12-7-10(14-9)13-5-8-3-1-2-4-8/h6-8H,1-5H2,(H,13,14)(H,15,16). The van der Waals surface area contributed by atoms with Crippen molar-refractivity contribution >= 4 is 11.8 Å². The van der Waals surface area contributed by atoms with Crippen molar-refractivity contribution < 1.29 is 9.90 Å². The zero-order chi connectivity index (χ0) is 11.4. The average molecular weight is 221 g/mol. The molecule has 1 fully saturated rings. The maximum absolute atomic E-state index is 10.7. The monoisotopic (exact) mass is 221 g/mol. The van der Waals surface area contributed by atoms with E-state index in [4.69, 9.17) is 5.11 Å². The van der Waals surface area contributed by atoms with Crippen molar-refractivity contribution in [3.63, 3.8) is 0 Å². The summed E-state index contributed by atoms with van der Waals surface area (Å²) in [5.74, 6) is 0.194. The van der Waals surface area contributed by atoms with Crippen LogP contribution in [0.5, 0.6) is 0 Å². The van der Waals surface area contributed by atoms with Crippen LogP contribution in [0.25, 0.3) is 0 Å². The van der Waals surface area contributed by atoms with Crippen molar-refractivity contribution in [3.05, 3.63) is 18.1 Å². The molecule has 1 aromatic rings. The molecular weight excluding hydrogens is 206 g/mol. The predicted octanol–water partition coefficient (Wildman–Crippen LogP) is 1.78. The molecule has 1 aliphatic carbocycles. The molecule has 2 rings (SSSR count). The molecule has 0 aliphatic heterocycles. The Morgan fingerprint density at radius 2 is 2.19 bits per heavy atom. The summed E-state index contributed by atoms with van der Waals surface area (Å²) in [7, 11) is 0. The molecule has 1 saturated carbocycles. The minimum Gasteiger partial charge on any atom is -0.476 e. The zero-order valence-electron chi connectivity index (χ0n) is 9.02. The van der Waals surface area contributed by atoms with Gasteiger partial charge in [-0.2, -0.15) is 0 Å². The van der Waals surface area contributed by atoms with E-state index in [0.717, 1.165) is 6.54 Å². The third-order valence-electron chi connectivity index (χ3n) is 2.90. The van der Waals surface area contributed by atoms with Gasteiger partial charge in [-0.1, -0.05) is 12.8 Å².